The number of carbonyl (C=O) groups is 4. The minimum Gasteiger partial charge on any atom is -0.508 e. The summed E-state index contributed by atoms with van der Waals surface area (Å²) in [4.78, 5) is 72.5. The van der Waals surface area contributed by atoms with Crippen LogP contribution in [0.15, 0.2) is 68.0 Å². The van der Waals surface area contributed by atoms with Gasteiger partial charge in [0.05, 0.1) is 19.0 Å². The number of phenolic OH excluding ortho intramolecular Hbond substituents is 1. The van der Waals surface area contributed by atoms with E-state index in [2.05, 4.69) is 53.1 Å². The van der Waals surface area contributed by atoms with Gasteiger partial charge in [-0.3, -0.25) is 19.2 Å². The molecule has 15 nitrogen and oxygen atoms in total. The van der Waals surface area contributed by atoms with E-state index < -0.39 is 29.9 Å². The number of aromatic amines is 2. The number of benzene rings is 1. The molecular formula is C38H54N10O5. The van der Waals surface area contributed by atoms with E-state index in [-0.39, 0.29) is 43.2 Å². The Bertz CT molecular complexity index is 1630. The SMILES string of the molecule is CCCCCCCCCCC(=O)N[C@@H](Cc1ccc(O)cc1)C(=O)N[C@@H](Cc1cnc[nH]1)C(=O)N[C@@H](Cc1cnc[nH]1)C(=O)NCCCn1ccnc1. The second-order valence-corrected chi connectivity index (χ2v) is 13.3. The van der Waals surface area contributed by atoms with Crippen molar-refractivity contribution in [2.75, 3.05) is 6.54 Å². The minimum absolute atomic E-state index is 0.0546. The Morgan fingerprint density at radius 1 is 0.717 bits per heavy atom. The molecule has 0 fully saturated rings. The first kappa shape index (κ1) is 40.3. The Hall–Kier alpha value is -5.47. The molecule has 3 heterocycles. The summed E-state index contributed by atoms with van der Waals surface area (Å²) in [6.45, 7) is 3.23. The summed E-state index contributed by atoms with van der Waals surface area (Å²) in [5.74, 6) is -1.70. The quantitative estimate of drug-likeness (QED) is 0.0502. The van der Waals surface area contributed by atoms with Gasteiger partial charge in [-0.05, 0) is 30.5 Å². The molecule has 0 aliphatic carbocycles. The molecule has 3 atom stereocenters. The smallest absolute Gasteiger partial charge is 0.243 e. The van der Waals surface area contributed by atoms with Crippen LogP contribution in [0.25, 0.3) is 0 Å². The zero-order valence-corrected chi connectivity index (χ0v) is 30.6. The lowest BCUT2D eigenvalue weighted by molar-refractivity contribution is -0.133. The first-order valence-corrected chi connectivity index (χ1v) is 18.7. The number of phenols is 1. The first-order chi connectivity index (χ1) is 25.8. The average Bonchev–Trinajstić information content (AvgIpc) is 3.97. The number of aromatic hydroxyl groups is 1. The van der Waals surface area contributed by atoms with Gasteiger partial charge in [-0.2, -0.15) is 0 Å². The Kier molecular flexibility index (Phi) is 17.1. The van der Waals surface area contributed by atoms with E-state index in [1.807, 2.05) is 10.8 Å². The number of aromatic nitrogens is 6. The maximum Gasteiger partial charge on any atom is 0.243 e. The highest BCUT2D eigenvalue weighted by molar-refractivity contribution is 5.94. The van der Waals surface area contributed by atoms with Gasteiger partial charge >= 0.3 is 0 Å². The van der Waals surface area contributed by atoms with Gasteiger partial charge in [0.15, 0.2) is 0 Å². The summed E-state index contributed by atoms with van der Waals surface area (Å²) in [6.07, 6.45) is 21.3. The second-order valence-electron chi connectivity index (χ2n) is 13.3. The van der Waals surface area contributed by atoms with Crippen LogP contribution in [0.1, 0.15) is 88.1 Å². The Labute approximate surface area is 310 Å². The van der Waals surface area contributed by atoms with Crippen molar-refractivity contribution in [3.05, 3.63) is 85.0 Å². The first-order valence-electron chi connectivity index (χ1n) is 18.7. The summed E-state index contributed by atoms with van der Waals surface area (Å²) in [5, 5.41) is 21.3. The highest BCUT2D eigenvalue weighted by atomic mass is 16.3. The summed E-state index contributed by atoms with van der Waals surface area (Å²) in [7, 11) is 0. The van der Waals surface area contributed by atoms with E-state index in [9.17, 15) is 24.3 Å². The van der Waals surface area contributed by atoms with Gasteiger partial charge in [-0.1, -0.05) is 64.0 Å². The number of imidazole rings is 3. The number of nitrogens with zero attached hydrogens (tertiary/aromatic N) is 4. The predicted molar refractivity (Wildman–Crippen MR) is 199 cm³/mol. The molecule has 0 aliphatic rings. The van der Waals surface area contributed by atoms with Gasteiger partial charge in [-0.15, -0.1) is 0 Å². The third-order valence-corrected chi connectivity index (χ3v) is 8.96. The van der Waals surface area contributed by atoms with Crippen LogP contribution in [0.5, 0.6) is 5.75 Å². The van der Waals surface area contributed by atoms with Crippen molar-refractivity contribution in [3.8, 4) is 5.75 Å². The lowest BCUT2D eigenvalue weighted by Gasteiger charge is -2.25. The number of amides is 4. The van der Waals surface area contributed by atoms with Crippen molar-refractivity contribution >= 4 is 23.6 Å². The molecule has 286 valence electrons. The number of aryl methyl sites for hydroxylation is 1. The molecule has 15 heteroatoms. The van der Waals surface area contributed by atoms with E-state index in [1.54, 1.807) is 37.1 Å². The summed E-state index contributed by atoms with van der Waals surface area (Å²) >= 11 is 0. The van der Waals surface area contributed by atoms with Gasteiger partial charge in [0.25, 0.3) is 0 Å². The van der Waals surface area contributed by atoms with E-state index >= 15 is 0 Å². The van der Waals surface area contributed by atoms with Crippen LogP contribution < -0.4 is 21.3 Å². The van der Waals surface area contributed by atoms with Crippen molar-refractivity contribution in [1.82, 2.24) is 50.8 Å². The van der Waals surface area contributed by atoms with Gasteiger partial charge < -0.3 is 40.9 Å². The molecule has 4 rings (SSSR count). The van der Waals surface area contributed by atoms with Crippen LogP contribution in [-0.2, 0) is 45.0 Å². The van der Waals surface area contributed by atoms with Crippen molar-refractivity contribution in [2.24, 2.45) is 0 Å². The van der Waals surface area contributed by atoms with Crippen molar-refractivity contribution in [1.29, 1.82) is 0 Å². The van der Waals surface area contributed by atoms with E-state index in [0.717, 1.165) is 19.3 Å². The van der Waals surface area contributed by atoms with Crippen molar-refractivity contribution in [3.63, 3.8) is 0 Å². The van der Waals surface area contributed by atoms with Crippen LogP contribution >= 0.6 is 0 Å². The molecule has 0 spiro atoms. The van der Waals surface area contributed by atoms with Crippen LogP contribution in [-0.4, -0.2) is 82.9 Å². The molecule has 0 radical (unpaired) electrons. The van der Waals surface area contributed by atoms with Gasteiger partial charge in [-0.25, -0.2) is 15.0 Å². The molecule has 4 aromatic rings. The van der Waals surface area contributed by atoms with Crippen LogP contribution in [0.4, 0.5) is 0 Å². The van der Waals surface area contributed by atoms with Crippen molar-refractivity contribution in [2.45, 2.75) is 115 Å². The second kappa shape index (κ2) is 22.5. The number of hydrogen-bond donors (Lipinski definition) is 7. The lowest BCUT2D eigenvalue weighted by Crippen LogP contribution is -2.58. The number of nitrogens with one attached hydrogen (secondary N) is 6. The summed E-state index contributed by atoms with van der Waals surface area (Å²) < 4.78 is 1.91. The van der Waals surface area contributed by atoms with Crippen molar-refractivity contribution < 1.29 is 24.3 Å². The molecule has 0 aliphatic heterocycles. The van der Waals surface area contributed by atoms with Gasteiger partial charge in [0, 0.05) is 74.9 Å². The minimum atomic E-state index is -1.12. The zero-order valence-electron chi connectivity index (χ0n) is 30.6. The molecule has 4 amide bonds. The number of hydrogen-bond acceptors (Lipinski definition) is 8. The van der Waals surface area contributed by atoms with Gasteiger partial charge in [0.1, 0.15) is 23.9 Å². The molecule has 0 bridgehead atoms. The Morgan fingerprint density at radius 3 is 1.87 bits per heavy atom. The Balaban J connectivity index is 1.42. The highest BCUT2D eigenvalue weighted by Gasteiger charge is 2.31. The molecule has 7 N–H and O–H groups in total. The van der Waals surface area contributed by atoms with E-state index in [0.29, 0.717) is 42.9 Å². The molecule has 0 saturated carbocycles. The maximum atomic E-state index is 14.0. The standard InChI is InChI=1S/C38H54N10O5/c1-2-3-4-5-6-7-8-9-11-35(50)45-32(20-28-12-14-31(49)15-13-28)37(52)47-34(22-30-24-41-26-44-30)38(53)46-33(21-29-23-40-25-43-29)36(51)42-16-10-18-48-19-17-39-27-48/h12-15,17,19,23-27,32-34,49H,2-11,16,18,20-22H2,1H3,(H,40,43)(H,41,44)(H,42,51)(H,45,50)(H,46,53)(H,47,52)/t32-,33-,34-/m0/s1. The normalized spacial score (nSPS) is 12.8. The summed E-state index contributed by atoms with van der Waals surface area (Å²) in [5.41, 5.74) is 1.95. The molecule has 0 unspecified atom stereocenters. The number of unbranched alkanes of at least 4 members (excludes halogenated alkanes) is 7. The van der Waals surface area contributed by atoms with Gasteiger partial charge in [0.2, 0.25) is 23.6 Å². The molecule has 3 aromatic heterocycles. The summed E-state index contributed by atoms with van der Waals surface area (Å²) in [6, 6.07) is 3.31. The third-order valence-electron chi connectivity index (χ3n) is 8.96. The molecule has 53 heavy (non-hydrogen) atoms. The average molecular weight is 731 g/mol. The largest absolute Gasteiger partial charge is 0.508 e. The number of H-pyrrole nitrogens is 2. The fraction of sp³-hybridized carbons (Fsp3) is 0.500. The maximum absolute atomic E-state index is 14.0. The van der Waals surface area contributed by atoms with Crippen LogP contribution in [0.3, 0.4) is 0 Å². The van der Waals surface area contributed by atoms with Crippen LogP contribution in [0, 0.1) is 0 Å². The fourth-order valence-electron chi connectivity index (χ4n) is 5.97. The monoisotopic (exact) mass is 730 g/mol. The molecule has 1 aromatic carbocycles. The topological polar surface area (TPSA) is 212 Å². The predicted octanol–water partition coefficient (Wildman–Crippen LogP) is 3.25. The zero-order chi connectivity index (χ0) is 37.7. The fourth-order valence-corrected chi connectivity index (χ4v) is 5.97. The van der Waals surface area contributed by atoms with E-state index in [4.69, 9.17) is 0 Å². The highest BCUT2D eigenvalue weighted by Crippen LogP contribution is 2.13. The lowest BCUT2D eigenvalue weighted by atomic mass is 10.0. The molecular weight excluding hydrogens is 676 g/mol. The number of carbonyl (C=O) groups excluding carboxylic acids is 4. The van der Waals surface area contributed by atoms with E-state index in [1.165, 1.54) is 50.5 Å². The number of rotatable bonds is 25. The third kappa shape index (κ3) is 15.0. The van der Waals surface area contributed by atoms with Crippen LogP contribution in [0.2, 0.25) is 0 Å². The Morgan fingerprint density at radius 2 is 1.30 bits per heavy atom. The molecule has 0 saturated heterocycles.